The van der Waals surface area contributed by atoms with Gasteiger partial charge in [0.1, 0.15) is 10.1 Å². The van der Waals surface area contributed by atoms with Crippen molar-refractivity contribution in [2.45, 2.75) is 10.1 Å². The lowest BCUT2D eigenvalue weighted by atomic mass is 10.3. The zero-order valence-corrected chi connectivity index (χ0v) is 11.9. The predicted octanol–water partition coefficient (Wildman–Crippen LogP) is 2.28. The van der Waals surface area contributed by atoms with Crippen LogP contribution in [0.2, 0.25) is 5.02 Å². The molecule has 108 valence electrons. The fourth-order valence-corrected chi connectivity index (χ4v) is 2.24. The molecule has 2 rings (SSSR count). The second kappa shape index (κ2) is 6.37. The van der Waals surface area contributed by atoms with Gasteiger partial charge >= 0.3 is 0 Å². The molecule has 2 aromatic rings. The van der Waals surface area contributed by atoms with Crippen LogP contribution in [0.1, 0.15) is 5.69 Å². The smallest absolute Gasteiger partial charge is 0.298 e. The van der Waals surface area contributed by atoms with Gasteiger partial charge in [0.2, 0.25) is 0 Å². The summed E-state index contributed by atoms with van der Waals surface area (Å²) in [6.07, 6.45) is 1.47. The Morgan fingerprint density at radius 2 is 2.10 bits per heavy atom. The van der Waals surface area contributed by atoms with Crippen LogP contribution in [0.4, 0.5) is 5.69 Å². The van der Waals surface area contributed by atoms with Crippen LogP contribution < -0.4 is 5.73 Å². The summed E-state index contributed by atoms with van der Waals surface area (Å²) in [5.74, 6) is -0.437. The molecule has 0 aromatic carbocycles. The Bertz CT molecular complexity index is 708. The number of amidine groups is 1. The first-order valence-corrected chi connectivity index (χ1v) is 6.63. The molecule has 0 atom stereocenters. The lowest BCUT2D eigenvalue weighted by molar-refractivity contribution is -0.385. The molecule has 0 fully saturated rings. The number of nitrogens with zero attached hydrogens (tertiary/aromatic N) is 4. The van der Waals surface area contributed by atoms with Crippen molar-refractivity contribution in [3.63, 3.8) is 0 Å². The largest absolute Gasteiger partial charge is 0.409 e. The zero-order chi connectivity index (χ0) is 15.4. The molecule has 0 saturated carbocycles. The number of pyridine rings is 2. The van der Waals surface area contributed by atoms with Crippen molar-refractivity contribution >= 4 is 34.9 Å². The molecule has 0 aliphatic heterocycles. The van der Waals surface area contributed by atoms with E-state index in [0.717, 1.165) is 11.8 Å². The summed E-state index contributed by atoms with van der Waals surface area (Å²) in [4.78, 5) is 18.3. The maximum Gasteiger partial charge on any atom is 0.298 e. The van der Waals surface area contributed by atoms with E-state index in [2.05, 4.69) is 15.1 Å². The molecule has 10 heteroatoms. The molecule has 0 spiro atoms. The normalized spacial score (nSPS) is 11.4. The fourth-order valence-electron chi connectivity index (χ4n) is 1.40. The molecule has 2 heterocycles. The summed E-state index contributed by atoms with van der Waals surface area (Å²) in [6.45, 7) is 0. The van der Waals surface area contributed by atoms with E-state index in [0.29, 0.717) is 15.1 Å². The molecule has 3 N–H and O–H groups in total. The van der Waals surface area contributed by atoms with Gasteiger partial charge in [-0.25, -0.2) is 9.97 Å². The van der Waals surface area contributed by atoms with Gasteiger partial charge < -0.3 is 10.9 Å². The van der Waals surface area contributed by atoms with Crippen molar-refractivity contribution in [3.05, 3.63) is 51.3 Å². The molecule has 21 heavy (non-hydrogen) atoms. The summed E-state index contributed by atoms with van der Waals surface area (Å²) in [6, 6.07) is 6.03. The van der Waals surface area contributed by atoms with Gasteiger partial charge in [0.05, 0.1) is 9.95 Å². The Balaban J connectivity index is 2.37. The highest BCUT2D eigenvalue weighted by molar-refractivity contribution is 7.99. The minimum Gasteiger partial charge on any atom is -0.409 e. The summed E-state index contributed by atoms with van der Waals surface area (Å²) < 4.78 is 0. The Morgan fingerprint density at radius 3 is 2.67 bits per heavy atom. The third-order valence-corrected chi connectivity index (χ3v) is 3.42. The minimum absolute atomic E-state index is 0.207. The first kappa shape index (κ1) is 15.0. The maximum absolute atomic E-state index is 10.9. The van der Waals surface area contributed by atoms with Crippen molar-refractivity contribution in [1.29, 1.82) is 0 Å². The van der Waals surface area contributed by atoms with Crippen molar-refractivity contribution < 1.29 is 10.1 Å². The molecule has 0 aliphatic rings. The van der Waals surface area contributed by atoms with Crippen LogP contribution >= 0.6 is 23.4 Å². The minimum atomic E-state index is -0.657. The Hall–Kier alpha value is -2.39. The van der Waals surface area contributed by atoms with Crippen LogP contribution in [0.15, 0.2) is 45.7 Å². The molecule has 0 bridgehead atoms. The Morgan fingerprint density at radius 1 is 1.38 bits per heavy atom. The van der Waals surface area contributed by atoms with Crippen LogP contribution in [-0.4, -0.2) is 25.9 Å². The van der Waals surface area contributed by atoms with E-state index in [4.69, 9.17) is 22.5 Å². The first-order chi connectivity index (χ1) is 10.0. The highest BCUT2D eigenvalue weighted by Gasteiger charge is 2.20. The number of nitro groups is 1. The van der Waals surface area contributed by atoms with Crippen LogP contribution in [0.3, 0.4) is 0 Å². The lowest BCUT2D eigenvalue weighted by Gasteiger charge is -2.04. The van der Waals surface area contributed by atoms with Crippen molar-refractivity contribution in [2.75, 3.05) is 0 Å². The molecule has 0 amide bonds. The molecule has 0 saturated heterocycles. The molecule has 0 radical (unpaired) electrons. The van der Waals surface area contributed by atoms with Crippen molar-refractivity contribution in [2.24, 2.45) is 10.9 Å². The molecular formula is C11H8ClN5O3S. The van der Waals surface area contributed by atoms with E-state index < -0.39 is 10.8 Å². The fraction of sp³-hybridized carbons (Fsp3) is 0. The van der Waals surface area contributed by atoms with Crippen LogP contribution in [0.5, 0.6) is 0 Å². The number of rotatable bonds is 4. The number of oxime groups is 1. The molecule has 2 aromatic heterocycles. The average molecular weight is 326 g/mol. The third-order valence-electron chi connectivity index (χ3n) is 2.30. The van der Waals surface area contributed by atoms with Gasteiger partial charge in [0.15, 0.2) is 11.5 Å². The summed E-state index contributed by atoms with van der Waals surface area (Å²) >= 11 is 6.90. The monoisotopic (exact) mass is 325 g/mol. The quantitative estimate of drug-likeness (QED) is 0.290. The van der Waals surface area contributed by atoms with Crippen molar-refractivity contribution in [3.8, 4) is 0 Å². The molecular weight excluding hydrogens is 318 g/mol. The second-order valence-electron chi connectivity index (χ2n) is 3.68. The molecule has 8 nitrogen and oxygen atoms in total. The van der Waals surface area contributed by atoms with Gasteiger partial charge in [0, 0.05) is 12.3 Å². The van der Waals surface area contributed by atoms with E-state index in [1.165, 1.54) is 18.3 Å². The molecule has 0 aliphatic carbocycles. The number of nitrogens with two attached hydrogens (primary N) is 1. The maximum atomic E-state index is 10.9. The van der Waals surface area contributed by atoms with Gasteiger partial charge in [-0.15, -0.1) is 0 Å². The average Bonchev–Trinajstić information content (AvgIpc) is 2.48. The lowest BCUT2D eigenvalue weighted by Crippen LogP contribution is -2.17. The number of halogens is 1. The van der Waals surface area contributed by atoms with Crippen LogP contribution in [-0.2, 0) is 0 Å². The van der Waals surface area contributed by atoms with Gasteiger partial charge in [-0.05, 0) is 18.2 Å². The third kappa shape index (κ3) is 3.58. The standard InChI is InChI=1S/C11H8ClN5O3S/c12-6-1-3-8(14-5-6)21-9-4-2-7(17(19)20)10(15-9)11(13)16-18/h1-5,18H,(H2,13,16). The Labute approximate surface area is 127 Å². The van der Waals surface area contributed by atoms with E-state index >= 15 is 0 Å². The first-order valence-electron chi connectivity index (χ1n) is 5.44. The SMILES string of the molecule is N/C(=N/O)c1nc(Sc2ccc(Cl)cn2)ccc1[N+](=O)[O-]. The van der Waals surface area contributed by atoms with Gasteiger partial charge in [0.25, 0.3) is 5.69 Å². The highest BCUT2D eigenvalue weighted by Crippen LogP contribution is 2.27. The van der Waals surface area contributed by atoms with E-state index in [9.17, 15) is 10.1 Å². The van der Waals surface area contributed by atoms with E-state index in [1.807, 2.05) is 0 Å². The van der Waals surface area contributed by atoms with E-state index in [1.54, 1.807) is 12.1 Å². The Kier molecular flexibility index (Phi) is 4.55. The van der Waals surface area contributed by atoms with Crippen molar-refractivity contribution in [1.82, 2.24) is 9.97 Å². The topological polar surface area (TPSA) is 128 Å². The summed E-state index contributed by atoms with van der Waals surface area (Å²) in [7, 11) is 0. The van der Waals surface area contributed by atoms with Gasteiger partial charge in [-0.3, -0.25) is 10.1 Å². The predicted molar refractivity (Wildman–Crippen MR) is 76.8 cm³/mol. The second-order valence-corrected chi connectivity index (χ2v) is 5.15. The molecule has 0 unspecified atom stereocenters. The van der Waals surface area contributed by atoms with Crippen LogP contribution in [0, 0.1) is 10.1 Å². The number of hydrogen-bond acceptors (Lipinski definition) is 7. The summed E-state index contributed by atoms with van der Waals surface area (Å²) in [5.41, 5.74) is 4.85. The van der Waals surface area contributed by atoms with Gasteiger partial charge in [-0.1, -0.05) is 28.5 Å². The summed E-state index contributed by atoms with van der Waals surface area (Å²) in [5, 5.41) is 23.8. The van der Waals surface area contributed by atoms with E-state index in [-0.39, 0.29) is 11.4 Å². The zero-order valence-electron chi connectivity index (χ0n) is 10.3. The van der Waals surface area contributed by atoms with Crippen LogP contribution in [0.25, 0.3) is 0 Å². The highest BCUT2D eigenvalue weighted by atomic mass is 35.5. The van der Waals surface area contributed by atoms with Gasteiger partial charge in [-0.2, -0.15) is 0 Å². The number of aromatic nitrogens is 2. The number of hydrogen-bond donors (Lipinski definition) is 2.